The third-order valence-corrected chi connectivity index (χ3v) is 15.5. The molecule has 4 N–H and O–H groups in total. The highest BCUT2D eigenvalue weighted by molar-refractivity contribution is 6.74. The van der Waals surface area contributed by atoms with E-state index in [-0.39, 0.29) is 34.4 Å². The second-order valence-electron chi connectivity index (χ2n) is 10.6. The van der Waals surface area contributed by atoms with Gasteiger partial charge in [0.1, 0.15) is 0 Å². The van der Waals surface area contributed by atoms with Gasteiger partial charge in [-0.15, -0.1) is 0 Å². The Balaban J connectivity index is 2.88. The summed E-state index contributed by atoms with van der Waals surface area (Å²) in [4.78, 5) is 0. The lowest BCUT2D eigenvalue weighted by atomic mass is 9.87. The maximum absolute atomic E-state index is 6.63. The van der Waals surface area contributed by atoms with E-state index in [2.05, 4.69) is 67.7 Å². The highest BCUT2D eigenvalue weighted by Gasteiger charge is 2.46. The molecule has 4 atom stereocenters. The lowest BCUT2D eigenvalue weighted by molar-refractivity contribution is 0.0266. The minimum Gasteiger partial charge on any atom is -0.412 e. The van der Waals surface area contributed by atoms with Crippen LogP contribution in [0.15, 0.2) is 0 Å². The molecular formula is C18H42N2O2Si2. The Labute approximate surface area is 152 Å². The van der Waals surface area contributed by atoms with Gasteiger partial charge in [0.15, 0.2) is 16.6 Å². The van der Waals surface area contributed by atoms with Gasteiger partial charge >= 0.3 is 0 Å². The van der Waals surface area contributed by atoms with Crippen LogP contribution in [0.25, 0.3) is 0 Å². The van der Waals surface area contributed by atoms with E-state index in [9.17, 15) is 0 Å². The molecule has 1 aliphatic rings. The molecule has 0 unspecified atom stereocenters. The van der Waals surface area contributed by atoms with E-state index in [0.29, 0.717) is 0 Å². The maximum atomic E-state index is 6.63. The van der Waals surface area contributed by atoms with Crippen LogP contribution in [0.1, 0.15) is 54.4 Å². The average molecular weight is 375 g/mol. The summed E-state index contributed by atoms with van der Waals surface area (Å²) in [5, 5.41) is 0.365. The first kappa shape index (κ1) is 22.3. The summed E-state index contributed by atoms with van der Waals surface area (Å²) in [6, 6.07) is 0.0155. The van der Waals surface area contributed by atoms with Gasteiger partial charge in [-0.3, -0.25) is 0 Å². The lowest BCUT2D eigenvalue weighted by Crippen LogP contribution is -2.60. The molecule has 1 fully saturated rings. The Hall–Kier alpha value is 0.274. The molecule has 0 heterocycles. The molecule has 0 aromatic carbocycles. The molecule has 0 spiro atoms. The Kier molecular flexibility index (Phi) is 6.62. The van der Waals surface area contributed by atoms with Crippen molar-refractivity contribution < 1.29 is 8.85 Å². The molecule has 1 saturated carbocycles. The predicted octanol–water partition coefficient (Wildman–Crippen LogP) is 4.22. The summed E-state index contributed by atoms with van der Waals surface area (Å²) in [7, 11) is -3.69. The molecule has 144 valence electrons. The molecule has 0 aromatic rings. The second-order valence-corrected chi connectivity index (χ2v) is 20.1. The zero-order chi connectivity index (χ0) is 19.1. The van der Waals surface area contributed by atoms with E-state index in [0.717, 1.165) is 12.8 Å². The third kappa shape index (κ3) is 5.14. The summed E-state index contributed by atoms with van der Waals surface area (Å²) < 4.78 is 13.3. The van der Waals surface area contributed by atoms with Crippen molar-refractivity contribution in [2.45, 2.75) is 115 Å². The molecule has 0 radical (unpaired) electrons. The van der Waals surface area contributed by atoms with Crippen LogP contribution in [0.3, 0.4) is 0 Å². The monoisotopic (exact) mass is 374 g/mol. The van der Waals surface area contributed by atoms with Crippen LogP contribution >= 0.6 is 0 Å². The van der Waals surface area contributed by atoms with E-state index >= 15 is 0 Å². The van der Waals surface area contributed by atoms with Gasteiger partial charge in [0.05, 0.1) is 12.2 Å². The van der Waals surface area contributed by atoms with Crippen LogP contribution in [-0.4, -0.2) is 40.9 Å². The van der Waals surface area contributed by atoms with Crippen molar-refractivity contribution in [3.63, 3.8) is 0 Å². The summed E-state index contributed by atoms with van der Waals surface area (Å²) >= 11 is 0. The number of nitrogens with two attached hydrogens (primary N) is 2. The van der Waals surface area contributed by atoms with Crippen LogP contribution in [-0.2, 0) is 8.85 Å². The fraction of sp³-hybridized carbons (Fsp3) is 1.00. The fourth-order valence-electron chi connectivity index (χ4n) is 2.58. The Bertz CT molecular complexity index is 390. The standard InChI is InChI=1S/C18H42N2O2Si2/c1-17(2,3)23(7,8)21-15-12-16(14(20)11-13(15)19)22-24(9,10)18(4,5)6/h13-16H,11-12,19-20H2,1-10H3/t13-,14+,15-,16+. The third-order valence-electron chi connectivity index (χ3n) is 6.47. The van der Waals surface area contributed by atoms with E-state index in [4.69, 9.17) is 20.3 Å². The van der Waals surface area contributed by atoms with Crippen molar-refractivity contribution in [1.29, 1.82) is 0 Å². The van der Waals surface area contributed by atoms with Crippen molar-refractivity contribution in [1.82, 2.24) is 0 Å². The van der Waals surface area contributed by atoms with E-state index in [1.807, 2.05) is 0 Å². The van der Waals surface area contributed by atoms with Crippen molar-refractivity contribution in [3.05, 3.63) is 0 Å². The van der Waals surface area contributed by atoms with Crippen molar-refractivity contribution in [3.8, 4) is 0 Å². The van der Waals surface area contributed by atoms with Crippen LogP contribution in [0.5, 0.6) is 0 Å². The second kappa shape index (κ2) is 7.12. The number of hydrogen-bond donors (Lipinski definition) is 2. The first-order chi connectivity index (χ1) is 10.5. The normalized spacial score (nSPS) is 30.5. The topological polar surface area (TPSA) is 70.5 Å². The van der Waals surface area contributed by atoms with Gasteiger partial charge in [-0.25, -0.2) is 0 Å². The van der Waals surface area contributed by atoms with Gasteiger partial charge in [0, 0.05) is 18.5 Å². The smallest absolute Gasteiger partial charge is 0.192 e. The molecule has 0 aliphatic heterocycles. The van der Waals surface area contributed by atoms with Crippen molar-refractivity contribution >= 4 is 16.6 Å². The van der Waals surface area contributed by atoms with E-state index < -0.39 is 16.6 Å². The summed E-state index contributed by atoms with van der Waals surface area (Å²) in [6.45, 7) is 22.8. The van der Waals surface area contributed by atoms with Crippen molar-refractivity contribution in [2.24, 2.45) is 11.5 Å². The summed E-state index contributed by atoms with van der Waals surface area (Å²) in [5.74, 6) is 0. The molecule has 4 nitrogen and oxygen atoms in total. The van der Waals surface area contributed by atoms with E-state index in [1.54, 1.807) is 0 Å². The molecule has 0 bridgehead atoms. The molecule has 0 amide bonds. The van der Waals surface area contributed by atoms with Crippen LogP contribution in [0, 0.1) is 0 Å². The molecule has 1 rings (SSSR count). The maximum Gasteiger partial charge on any atom is 0.192 e. The molecule has 24 heavy (non-hydrogen) atoms. The summed E-state index contributed by atoms with van der Waals surface area (Å²) in [6.07, 6.45) is 1.71. The van der Waals surface area contributed by atoms with Gasteiger partial charge < -0.3 is 20.3 Å². The van der Waals surface area contributed by atoms with Gasteiger partial charge in [-0.05, 0) is 42.7 Å². The zero-order valence-electron chi connectivity index (χ0n) is 17.7. The average Bonchev–Trinajstić information content (AvgIpc) is 2.31. The Morgan fingerprint density at radius 2 is 0.958 bits per heavy atom. The SMILES string of the molecule is CC(C)(C)[Si](C)(C)O[C@H]1C[C@@H](O[Si](C)(C)C(C)(C)C)[C@H](N)C[C@@H]1N. The molecule has 0 saturated heterocycles. The van der Waals surface area contributed by atoms with Gasteiger partial charge in [0.25, 0.3) is 0 Å². The molecule has 0 aromatic heterocycles. The highest BCUT2D eigenvalue weighted by Crippen LogP contribution is 2.41. The minimum atomic E-state index is -1.85. The predicted molar refractivity (Wildman–Crippen MR) is 109 cm³/mol. The van der Waals surface area contributed by atoms with Gasteiger partial charge in [-0.2, -0.15) is 0 Å². The fourth-order valence-corrected chi connectivity index (χ4v) is 5.34. The van der Waals surface area contributed by atoms with E-state index in [1.165, 1.54) is 0 Å². The van der Waals surface area contributed by atoms with Crippen LogP contribution < -0.4 is 11.5 Å². The molecule has 6 heteroatoms. The first-order valence-corrected chi connectivity index (χ1v) is 15.2. The molecule has 1 aliphatic carbocycles. The lowest BCUT2D eigenvalue weighted by Gasteiger charge is -2.48. The Morgan fingerprint density at radius 3 is 1.21 bits per heavy atom. The number of rotatable bonds is 4. The van der Waals surface area contributed by atoms with Crippen LogP contribution in [0.2, 0.25) is 36.3 Å². The quantitative estimate of drug-likeness (QED) is 0.723. The number of hydrogen-bond acceptors (Lipinski definition) is 4. The first-order valence-electron chi connectivity index (χ1n) is 9.35. The zero-order valence-corrected chi connectivity index (χ0v) is 19.7. The molecular weight excluding hydrogens is 332 g/mol. The van der Waals surface area contributed by atoms with Gasteiger partial charge in [0.2, 0.25) is 0 Å². The largest absolute Gasteiger partial charge is 0.412 e. The summed E-state index contributed by atoms with van der Waals surface area (Å²) in [5.41, 5.74) is 12.8. The van der Waals surface area contributed by atoms with Crippen molar-refractivity contribution in [2.75, 3.05) is 0 Å². The van der Waals surface area contributed by atoms with Crippen LogP contribution in [0.4, 0.5) is 0 Å². The highest BCUT2D eigenvalue weighted by atomic mass is 28.4. The van der Waals surface area contributed by atoms with Gasteiger partial charge in [-0.1, -0.05) is 41.5 Å². The Morgan fingerprint density at radius 1 is 0.667 bits per heavy atom. The minimum absolute atomic E-state index is 0.00777.